The van der Waals surface area contributed by atoms with Crippen LogP contribution in [0.3, 0.4) is 0 Å². The molecule has 0 unspecified atom stereocenters. The Morgan fingerprint density at radius 3 is 2.75 bits per heavy atom. The minimum Gasteiger partial charge on any atom is -0.489 e. The summed E-state index contributed by atoms with van der Waals surface area (Å²) < 4.78 is 19.8. The average molecular weight is 338 g/mol. The molecule has 0 aliphatic carbocycles. The number of benzene rings is 2. The molecule has 4 heteroatoms. The monoisotopic (exact) mass is 337 g/mol. The molecule has 106 valence electrons. The van der Waals surface area contributed by atoms with Gasteiger partial charge in [-0.3, -0.25) is 0 Å². The van der Waals surface area contributed by atoms with Crippen molar-refractivity contribution >= 4 is 15.9 Å². The molecule has 0 aliphatic heterocycles. The molecular weight excluding hydrogens is 321 g/mol. The van der Waals surface area contributed by atoms with Gasteiger partial charge in [0, 0.05) is 16.6 Å². The van der Waals surface area contributed by atoms with E-state index in [1.54, 1.807) is 0 Å². The molecular formula is C16H17BrFNO. The Labute approximate surface area is 127 Å². The highest BCUT2D eigenvalue weighted by Crippen LogP contribution is 2.21. The summed E-state index contributed by atoms with van der Waals surface area (Å²) >= 11 is 3.28. The Hall–Kier alpha value is -1.39. The molecule has 0 spiro atoms. The first-order valence-electron chi connectivity index (χ1n) is 6.55. The van der Waals surface area contributed by atoms with Crippen molar-refractivity contribution in [2.24, 2.45) is 0 Å². The number of halogens is 2. The number of nitrogens with one attached hydrogen (secondary N) is 1. The van der Waals surface area contributed by atoms with Gasteiger partial charge in [0.25, 0.3) is 0 Å². The molecule has 0 saturated carbocycles. The maximum atomic E-state index is 13.3. The van der Waals surface area contributed by atoms with Gasteiger partial charge in [-0.2, -0.15) is 0 Å². The molecule has 0 heterocycles. The molecule has 0 aromatic heterocycles. The number of hydrogen-bond acceptors (Lipinski definition) is 2. The van der Waals surface area contributed by atoms with Gasteiger partial charge in [0.05, 0.1) is 0 Å². The van der Waals surface area contributed by atoms with Gasteiger partial charge in [-0.05, 0) is 36.4 Å². The largest absolute Gasteiger partial charge is 0.489 e. The lowest BCUT2D eigenvalue weighted by Gasteiger charge is -2.12. The molecule has 1 N–H and O–H groups in total. The molecule has 0 atom stereocenters. The van der Waals surface area contributed by atoms with E-state index in [0.29, 0.717) is 6.61 Å². The van der Waals surface area contributed by atoms with Gasteiger partial charge >= 0.3 is 0 Å². The first-order valence-corrected chi connectivity index (χ1v) is 7.34. The van der Waals surface area contributed by atoms with Crippen LogP contribution in [0.1, 0.15) is 18.1 Å². The van der Waals surface area contributed by atoms with Crippen molar-refractivity contribution in [3.63, 3.8) is 0 Å². The zero-order chi connectivity index (χ0) is 14.4. The summed E-state index contributed by atoms with van der Waals surface area (Å²) in [6.07, 6.45) is 0. The van der Waals surface area contributed by atoms with Crippen LogP contribution in [0.2, 0.25) is 0 Å². The molecule has 0 aliphatic rings. The molecule has 20 heavy (non-hydrogen) atoms. The molecule has 2 aromatic rings. The molecule has 0 radical (unpaired) electrons. The molecule has 0 bridgehead atoms. The molecule has 0 fully saturated rings. The van der Waals surface area contributed by atoms with Crippen LogP contribution in [0.15, 0.2) is 46.9 Å². The van der Waals surface area contributed by atoms with E-state index >= 15 is 0 Å². The summed E-state index contributed by atoms with van der Waals surface area (Å²) in [4.78, 5) is 0. The van der Waals surface area contributed by atoms with Crippen LogP contribution < -0.4 is 10.1 Å². The summed E-state index contributed by atoms with van der Waals surface area (Å²) in [6.45, 7) is 4.08. The predicted molar refractivity (Wildman–Crippen MR) is 82.3 cm³/mol. The number of para-hydroxylation sites is 1. The summed E-state index contributed by atoms with van der Waals surface area (Å²) in [5.74, 6) is 0.563. The summed E-state index contributed by atoms with van der Waals surface area (Å²) in [6, 6.07) is 12.7. The van der Waals surface area contributed by atoms with E-state index in [9.17, 15) is 4.39 Å². The van der Waals surface area contributed by atoms with Crippen LogP contribution in [0.5, 0.6) is 5.75 Å². The van der Waals surface area contributed by atoms with Gasteiger partial charge in [-0.15, -0.1) is 0 Å². The van der Waals surface area contributed by atoms with E-state index in [2.05, 4.69) is 28.2 Å². The molecule has 2 rings (SSSR count). The van der Waals surface area contributed by atoms with Gasteiger partial charge < -0.3 is 10.1 Å². The van der Waals surface area contributed by atoms with Crippen LogP contribution >= 0.6 is 15.9 Å². The van der Waals surface area contributed by atoms with Crippen LogP contribution in [-0.2, 0) is 13.2 Å². The summed E-state index contributed by atoms with van der Waals surface area (Å²) in [7, 11) is 0. The summed E-state index contributed by atoms with van der Waals surface area (Å²) in [5.41, 5.74) is 1.90. The second-order valence-electron chi connectivity index (χ2n) is 4.45. The first-order chi connectivity index (χ1) is 9.69. The zero-order valence-corrected chi connectivity index (χ0v) is 12.9. The van der Waals surface area contributed by atoms with Gasteiger partial charge in [0.15, 0.2) is 0 Å². The van der Waals surface area contributed by atoms with Crippen LogP contribution in [0.4, 0.5) is 4.39 Å². The molecule has 2 nitrogen and oxygen atoms in total. The van der Waals surface area contributed by atoms with Crippen molar-refractivity contribution < 1.29 is 9.13 Å². The van der Waals surface area contributed by atoms with Gasteiger partial charge in [0.2, 0.25) is 0 Å². The van der Waals surface area contributed by atoms with Crippen molar-refractivity contribution in [2.45, 2.75) is 20.1 Å². The smallest absolute Gasteiger partial charge is 0.124 e. The van der Waals surface area contributed by atoms with E-state index in [-0.39, 0.29) is 5.82 Å². The van der Waals surface area contributed by atoms with Gasteiger partial charge in [0.1, 0.15) is 18.2 Å². The standard InChI is InChI=1S/C16H17BrFNO/c1-2-19-10-13-5-3-4-6-16(13)20-11-12-7-14(17)9-15(18)8-12/h3-9,19H,2,10-11H2,1H3. The normalized spacial score (nSPS) is 10.6. The molecule has 0 saturated heterocycles. The first kappa shape index (κ1) is 15.0. The minimum atomic E-state index is -0.265. The van der Waals surface area contributed by atoms with Crippen molar-refractivity contribution in [1.82, 2.24) is 5.32 Å². The fourth-order valence-corrected chi connectivity index (χ4v) is 2.42. The fraction of sp³-hybridized carbons (Fsp3) is 0.250. The van der Waals surface area contributed by atoms with E-state index < -0.39 is 0 Å². The average Bonchev–Trinajstić information content (AvgIpc) is 2.43. The lowest BCUT2D eigenvalue weighted by atomic mass is 10.2. The van der Waals surface area contributed by atoms with Crippen molar-refractivity contribution in [3.05, 3.63) is 63.9 Å². The zero-order valence-electron chi connectivity index (χ0n) is 11.3. The molecule has 0 amide bonds. The van der Waals surface area contributed by atoms with Gasteiger partial charge in [-0.1, -0.05) is 41.1 Å². The van der Waals surface area contributed by atoms with Crippen molar-refractivity contribution in [2.75, 3.05) is 6.54 Å². The second-order valence-corrected chi connectivity index (χ2v) is 5.37. The maximum absolute atomic E-state index is 13.3. The minimum absolute atomic E-state index is 0.265. The van der Waals surface area contributed by atoms with Crippen LogP contribution in [0.25, 0.3) is 0 Å². The number of hydrogen-bond donors (Lipinski definition) is 1. The lowest BCUT2D eigenvalue weighted by molar-refractivity contribution is 0.301. The van der Waals surface area contributed by atoms with Gasteiger partial charge in [-0.25, -0.2) is 4.39 Å². The van der Waals surface area contributed by atoms with E-state index in [1.165, 1.54) is 12.1 Å². The highest BCUT2D eigenvalue weighted by molar-refractivity contribution is 9.10. The van der Waals surface area contributed by atoms with E-state index in [4.69, 9.17) is 4.74 Å². The quantitative estimate of drug-likeness (QED) is 0.849. The molecule has 2 aromatic carbocycles. The predicted octanol–water partition coefficient (Wildman–Crippen LogP) is 4.28. The van der Waals surface area contributed by atoms with E-state index in [1.807, 2.05) is 30.3 Å². The van der Waals surface area contributed by atoms with Crippen LogP contribution in [-0.4, -0.2) is 6.54 Å². The lowest BCUT2D eigenvalue weighted by Crippen LogP contribution is -2.12. The van der Waals surface area contributed by atoms with Crippen molar-refractivity contribution in [3.8, 4) is 5.75 Å². The highest BCUT2D eigenvalue weighted by Gasteiger charge is 2.04. The maximum Gasteiger partial charge on any atom is 0.124 e. The third kappa shape index (κ3) is 4.32. The number of ether oxygens (including phenoxy) is 1. The van der Waals surface area contributed by atoms with E-state index in [0.717, 1.165) is 34.4 Å². The second kappa shape index (κ2) is 7.41. The Morgan fingerprint density at radius 2 is 2.00 bits per heavy atom. The Bertz CT molecular complexity index is 554. The Balaban J connectivity index is 2.06. The number of rotatable bonds is 6. The van der Waals surface area contributed by atoms with Crippen molar-refractivity contribution in [1.29, 1.82) is 0 Å². The SMILES string of the molecule is CCNCc1ccccc1OCc1cc(F)cc(Br)c1. The summed E-state index contributed by atoms with van der Waals surface area (Å²) in [5, 5.41) is 3.27. The fourth-order valence-electron chi connectivity index (χ4n) is 1.91. The Kier molecular flexibility index (Phi) is 5.56. The highest BCUT2D eigenvalue weighted by atomic mass is 79.9. The topological polar surface area (TPSA) is 21.3 Å². The van der Waals surface area contributed by atoms with Crippen LogP contribution in [0, 0.1) is 5.82 Å². The Morgan fingerprint density at radius 1 is 1.20 bits per heavy atom. The third-order valence-electron chi connectivity index (χ3n) is 2.85. The third-order valence-corrected chi connectivity index (χ3v) is 3.31.